The molecule has 0 N–H and O–H groups in total. The summed E-state index contributed by atoms with van der Waals surface area (Å²) < 4.78 is 47.0. The predicted molar refractivity (Wildman–Crippen MR) is 189 cm³/mol. The van der Waals surface area contributed by atoms with Crippen molar-refractivity contribution < 1.29 is 27.4 Å². The number of carbonyl (C=O) groups excluding carboxylic acids is 1. The van der Waals surface area contributed by atoms with Crippen LogP contribution in [0.4, 0.5) is 5.13 Å². The van der Waals surface area contributed by atoms with E-state index < -0.39 is 15.9 Å². The Bertz CT molecular complexity index is 1990. The molecule has 1 amide bonds. The monoisotopic (exact) mass is 736 g/mol. The first-order valence-electron chi connectivity index (χ1n) is 14.5. The fourth-order valence-corrected chi connectivity index (χ4v) is 7.90. The summed E-state index contributed by atoms with van der Waals surface area (Å²) in [6.07, 6.45) is 1.49. The molecule has 0 saturated carbocycles. The van der Waals surface area contributed by atoms with Gasteiger partial charge in [-0.25, -0.2) is 13.4 Å². The SMILES string of the molecule is COc1cc(/C=N/N(C(=O)c2ccc(S(=O)(=O)N(Cc3ccccc3)C(C)C)cc2)c2nc3ccc(Br)cc3s2)cc(OC)c1OC. The Morgan fingerprint density at radius 3 is 2.19 bits per heavy atom. The Kier molecular flexibility index (Phi) is 10.6. The van der Waals surface area contributed by atoms with Gasteiger partial charge in [0.1, 0.15) is 0 Å². The van der Waals surface area contributed by atoms with Crippen LogP contribution in [0.3, 0.4) is 0 Å². The van der Waals surface area contributed by atoms with Gasteiger partial charge >= 0.3 is 0 Å². The topological polar surface area (TPSA) is 111 Å². The van der Waals surface area contributed by atoms with Crippen LogP contribution in [0.1, 0.15) is 35.3 Å². The van der Waals surface area contributed by atoms with E-state index in [-0.39, 0.29) is 23.0 Å². The van der Waals surface area contributed by atoms with E-state index in [0.29, 0.717) is 33.5 Å². The maximum absolute atomic E-state index is 14.0. The van der Waals surface area contributed by atoms with Crippen LogP contribution in [-0.4, -0.2) is 57.2 Å². The lowest BCUT2D eigenvalue weighted by molar-refractivity contribution is 0.0987. The van der Waals surface area contributed by atoms with Crippen LogP contribution in [0.25, 0.3) is 10.2 Å². The number of anilines is 1. The van der Waals surface area contributed by atoms with Gasteiger partial charge in [0.25, 0.3) is 5.91 Å². The zero-order valence-corrected chi connectivity index (χ0v) is 29.6. The van der Waals surface area contributed by atoms with Gasteiger partial charge < -0.3 is 14.2 Å². The number of ether oxygens (including phenoxy) is 3. The number of rotatable bonds is 12. The molecule has 5 aromatic rings. The molecule has 0 bridgehead atoms. The van der Waals surface area contributed by atoms with Gasteiger partial charge in [-0.1, -0.05) is 57.6 Å². The van der Waals surface area contributed by atoms with Gasteiger partial charge in [-0.05, 0) is 74.0 Å². The third kappa shape index (κ3) is 7.49. The van der Waals surface area contributed by atoms with E-state index in [1.807, 2.05) is 62.4 Å². The molecule has 0 unspecified atom stereocenters. The number of nitrogens with zero attached hydrogens (tertiary/aromatic N) is 4. The molecule has 0 aliphatic carbocycles. The highest BCUT2D eigenvalue weighted by Crippen LogP contribution is 2.38. The molecule has 0 saturated heterocycles. The second kappa shape index (κ2) is 14.6. The van der Waals surface area contributed by atoms with Gasteiger partial charge in [0.05, 0.1) is 42.7 Å². The summed E-state index contributed by atoms with van der Waals surface area (Å²) in [5, 5.41) is 6.08. The van der Waals surface area contributed by atoms with Crippen LogP contribution < -0.4 is 19.2 Å². The van der Waals surface area contributed by atoms with E-state index in [9.17, 15) is 13.2 Å². The highest BCUT2D eigenvalue weighted by molar-refractivity contribution is 9.10. The number of methoxy groups -OCH3 is 3. The second-order valence-corrected chi connectivity index (χ2v) is 14.4. The summed E-state index contributed by atoms with van der Waals surface area (Å²) in [7, 11) is 0.670. The lowest BCUT2D eigenvalue weighted by atomic mass is 10.2. The summed E-state index contributed by atoms with van der Waals surface area (Å²) in [5.41, 5.74) is 2.38. The van der Waals surface area contributed by atoms with Crippen molar-refractivity contribution in [2.24, 2.45) is 5.10 Å². The molecule has 0 aliphatic rings. The average Bonchev–Trinajstić information content (AvgIpc) is 3.49. The van der Waals surface area contributed by atoms with Crippen LogP contribution >= 0.6 is 27.3 Å². The number of hydrogen-bond acceptors (Lipinski definition) is 9. The molecule has 0 aliphatic heterocycles. The van der Waals surface area contributed by atoms with E-state index in [0.717, 1.165) is 14.7 Å². The summed E-state index contributed by atoms with van der Waals surface area (Å²) in [4.78, 5) is 18.8. The van der Waals surface area contributed by atoms with Crippen molar-refractivity contribution in [3.05, 3.63) is 106 Å². The highest BCUT2D eigenvalue weighted by Gasteiger charge is 2.28. The summed E-state index contributed by atoms with van der Waals surface area (Å²) in [5.74, 6) is 0.776. The standard InChI is InChI=1S/C34H33BrN4O6S2/c1-22(2)38(21-23-9-7-6-8-10-23)47(41,42)27-14-11-25(12-15-27)33(40)39(34-37-28-16-13-26(35)19-31(28)46-34)36-20-24-17-29(43-3)32(45-5)30(18-24)44-4/h6-20,22H,21H2,1-5H3/b36-20+. The van der Waals surface area contributed by atoms with Crippen LogP contribution in [0, 0.1) is 0 Å². The van der Waals surface area contributed by atoms with E-state index >= 15 is 0 Å². The maximum Gasteiger partial charge on any atom is 0.280 e. The van der Waals surface area contributed by atoms with Crippen molar-refractivity contribution >= 4 is 64.8 Å². The largest absolute Gasteiger partial charge is 0.493 e. The third-order valence-electron chi connectivity index (χ3n) is 7.19. The van der Waals surface area contributed by atoms with Gasteiger partial charge in [0.2, 0.25) is 20.9 Å². The number of benzene rings is 4. The van der Waals surface area contributed by atoms with Crippen LogP contribution in [-0.2, 0) is 16.6 Å². The smallest absolute Gasteiger partial charge is 0.280 e. The molecule has 13 heteroatoms. The molecular weight excluding hydrogens is 704 g/mol. The first-order chi connectivity index (χ1) is 22.5. The normalized spacial score (nSPS) is 11.8. The van der Waals surface area contributed by atoms with Crippen molar-refractivity contribution in [2.75, 3.05) is 26.3 Å². The van der Waals surface area contributed by atoms with E-state index in [1.165, 1.54) is 72.5 Å². The number of fused-ring (bicyclic) bond motifs is 1. The van der Waals surface area contributed by atoms with Gasteiger partial charge in [-0.2, -0.15) is 14.4 Å². The van der Waals surface area contributed by atoms with Crippen LogP contribution in [0.2, 0.25) is 0 Å². The number of carbonyl (C=O) groups is 1. The van der Waals surface area contributed by atoms with Gasteiger partial charge in [-0.3, -0.25) is 4.79 Å². The second-order valence-electron chi connectivity index (χ2n) is 10.6. The molecule has 1 heterocycles. The minimum absolute atomic E-state index is 0.0796. The lowest BCUT2D eigenvalue weighted by Gasteiger charge is -2.26. The molecule has 0 fully saturated rings. The third-order valence-corrected chi connectivity index (χ3v) is 10.7. The first kappa shape index (κ1) is 34.0. The fraction of sp³-hybridized carbons (Fsp3) is 0.206. The zero-order valence-electron chi connectivity index (χ0n) is 26.4. The minimum Gasteiger partial charge on any atom is -0.493 e. The molecule has 0 atom stereocenters. The molecule has 244 valence electrons. The Morgan fingerprint density at radius 2 is 1.60 bits per heavy atom. The molecule has 5 rings (SSSR count). The molecule has 0 spiro atoms. The maximum atomic E-state index is 14.0. The Labute approximate surface area is 286 Å². The number of thiazole rings is 1. The quantitative estimate of drug-likeness (QED) is 0.0972. The summed E-state index contributed by atoms with van der Waals surface area (Å²) in [6.45, 7) is 3.89. The molecule has 1 aromatic heterocycles. The van der Waals surface area contributed by atoms with Gasteiger partial charge in [0.15, 0.2) is 11.5 Å². The number of amides is 1. The summed E-state index contributed by atoms with van der Waals surface area (Å²) in [6, 6.07) is 24.0. The minimum atomic E-state index is -3.87. The molecule has 4 aromatic carbocycles. The number of aromatic nitrogens is 1. The van der Waals surface area contributed by atoms with Crippen molar-refractivity contribution in [2.45, 2.75) is 31.3 Å². The van der Waals surface area contributed by atoms with Gasteiger partial charge in [-0.15, -0.1) is 0 Å². The Hall–Kier alpha value is -4.30. The molecule has 47 heavy (non-hydrogen) atoms. The number of hydrazone groups is 1. The number of sulfonamides is 1. The van der Waals surface area contributed by atoms with Crippen molar-refractivity contribution in [3.8, 4) is 17.2 Å². The molecule has 0 radical (unpaired) electrons. The highest BCUT2D eigenvalue weighted by atomic mass is 79.9. The first-order valence-corrected chi connectivity index (χ1v) is 17.5. The van der Waals surface area contributed by atoms with Crippen molar-refractivity contribution in [1.82, 2.24) is 9.29 Å². The van der Waals surface area contributed by atoms with E-state index in [4.69, 9.17) is 14.2 Å². The summed E-state index contributed by atoms with van der Waals surface area (Å²) >= 11 is 4.78. The molecule has 10 nitrogen and oxygen atoms in total. The number of halogens is 1. The fourth-order valence-electron chi connectivity index (χ4n) is 4.80. The Balaban J connectivity index is 1.50. The van der Waals surface area contributed by atoms with Crippen LogP contribution in [0.5, 0.6) is 17.2 Å². The zero-order chi connectivity index (χ0) is 33.7. The van der Waals surface area contributed by atoms with Gasteiger partial charge in [0, 0.05) is 28.2 Å². The lowest BCUT2D eigenvalue weighted by Crippen LogP contribution is -2.36. The predicted octanol–water partition coefficient (Wildman–Crippen LogP) is 7.36. The van der Waals surface area contributed by atoms with Crippen molar-refractivity contribution in [3.63, 3.8) is 0 Å². The number of hydrogen-bond donors (Lipinski definition) is 0. The van der Waals surface area contributed by atoms with E-state index in [1.54, 1.807) is 12.1 Å². The Morgan fingerprint density at radius 1 is 0.936 bits per heavy atom. The average molecular weight is 738 g/mol. The van der Waals surface area contributed by atoms with E-state index in [2.05, 4.69) is 26.0 Å². The molecular formula is C34H33BrN4O6S2. The van der Waals surface area contributed by atoms with Crippen molar-refractivity contribution in [1.29, 1.82) is 0 Å². The van der Waals surface area contributed by atoms with Crippen LogP contribution in [0.15, 0.2) is 99.4 Å².